The number of fused-ring (bicyclic) bond motifs is 1. The molecule has 134 valence electrons. The molecule has 4 aromatic rings. The molecule has 0 unspecified atom stereocenters. The SMILES string of the molecule is Cn1nnnc1-c1cccc(NC(=O)Cn2ncc(=O)c3ccccc32)c1. The number of nitrogens with one attached hydrogen (secondary N) is 1. The van der Waals surface area contributed by atoms with Crippen molar-refractivity contribution in [3.05, 3.63) is 65.0 Å². The van der Waals surface area contributed by atoms with Crippen LogP contribution in [0.2, 0.25) is 0 Å². The van der Waals surface area contributed by atoms with Crippen LogP contribution in [0.4, 0.5) is 5.69 Å². The van der Waals surface area contributed by atoms with Crippen molar-refractivity contribution in [2.24, 2.45) is 7.05 Å². The number of tetrazole rings is 1. The predicted molar refractivity (Wildman–Crippen MR) is 98.9 cm³/mol. The first-order valence-corrected chi connectivity index (χ1v) is 8.19. The molecule has 0 aliphatic heterocycles. The standard InChI is InChI=1S/C18H15N7O2/c1-24-18(21-22-23-24)12-5-4-6-13(9-12)20-17(27)11-25-15-8-3-2-7-14(15)16(26)10-19-25/h2-10H,11H2,1H3,(H,20,27). The van der Waals surface area contributed by atoms with Crippen LogP contribution in [0.5, 0.6) is 0 Å². The molecule has 0 spiro atoms. The van der Waals surface area contributed by atoms with Crippen LogP contribution in [0.3, 0.4) is 0 Å². The quantitative estimate of drug-likeness (QED) is 0.586. The molecule has 1 N–H and O–H groups in total. The molecule has 2 aromatic carbocycles. The summed E-state index contributed by atoms with van der Waals surface area (Å²) in [5.74, 6) is 0.337. The van der Waals surface area contributed by atoms with Gasteiger partial charge in [-0.1, -0.05) is 24.3 Å². The summed E-state index contributed by atoms with van der Waals surface area (Å²) in [6, 6.07) is 14.3. The van der Waals surface area contributed by atoms with Crippen LogP contribution >= 0.6 is 0 Å². The van der Waals surface area contributed by atoms with E-state index in [4.69, 9.17) is 0 Å². The van der Waals surface area contributed by atoms with Crippen LogP contribution in [-0.2, 0) is 18.4 Å². The Morgan fingerprint density at radius 1 is 1.15 bits per heavy atom. The van der Waals surface area contributed by atoms with Crippen LogP contribution in [0.1, 0.15) is 0 Å². The van der Waals surface area contributed by atoms with Crippen LogP contribution < -0.4 is 10.7 Å². The number of rotatable bonds is 4. The lowest BCUT2D eigenvalue weighted by molar-refractivity contribution is -0.116. The Bertz CT molecular complexity index is 1200. The van der Waals surface area contributed by atoms with Crippen molar-refractivity contribution < 1.29 is 4.79 Å². The van der Waals surface area contributed by atoms with Gasteiger partial charge in [0.15, 0.2) is 5.82 Å². The number of hydrogen-bond acceptors (Lipinski definition) is 6. The van der Waals surface area contributed by atoms with E-state index in [1.807, 2.05) is 12.1 Å². The molecule has 27 heavy (non-hydrogen) atoms. The fourth-order valence-electron chi connectivity index (χ4n) is 2.83. The minimum Gasteiger partial charge on any atom is -0.324 e. The number of amides is 1. The van der Waals surface area contributed by atoms with Crippen molar-refractivity contribution in [1.29, 1.82) is 0 Å². The summed E-state index contributed by atoms with van der Waals surface area (Å²) in [4.78, 5) is 24.4. The van der Waals surface area contributed by atoms with Gasteiger partial charge in [0.1, 0.15) is 6.54 Å². The van der Waals surface area contributed by atoms with E-state index in [0.29, 0.717) is 22.4 Å². The molecule has 0 saturated heterocycles. The molecule has 0 bridgehead atoms. The lowest BCUT2D eigenvalue weighted by Crippen LogP contribution is -2.22. The lowest BCUT2D eigenvalue weighted by atomic mass is 10.2. The van der Waals surface area contributed by atoms with E-state index in [2.05, 4.69) is 25.9 Å². The first-order valence-electron chi connectivity index (χ1n) is 8.19. The minimum absolute atomic E-state index is 0.0173. The van der Waals surface area contributed by atoms with Gasteiger partial charge in [-0.15, -0.1) is 5.10 Å². The van der Waals surface area contributed by atoms with Crippen molar-refractivity contribution in [2.45, 2.75) is 6.54 Å². The second-order valence-electron chi connectivity index (χ2n) is 5.94. The van der Waals surface area contributed by atoms with Gasteiger partial charge in [0.05, 0.1) is 11.7 Å². The summed E-state index contributed by atoms with van der Waals surface area (Å²) in [6.07, 6.45) is 1.22. The average Bonchev–Trinajstić information content (AvgIpc) is 3.10. The Labute approximate surface area is 153 Å². The summed E-state index contributed by atoms with van der Waals surface area (Å²) in [6.45, 7) is -0.0173. The fraction of sp³-hybridized carbons (Fsp3) is 0.111. The monoisotopic (exact) mass is 361 g/mol. The van der Waals surface area contributed by atoms with Gasteiger partial charge in [-0.2, -0.15) is 5.10 Å². The number of para-hydroxylation sites is 1. The first kappa shape index (κ1) is 16.6. The predicted octanol–water partition coefficient (Wildman–Crippen LogP) is 1.23. The molecule has 0 aliphatic rings. The number of carbonyl (C=O) groups excluding carboxylic acids is 1. The largest absolute Gasteiger partial charge is 0.324 e. The Morgan fingerprint density at radius 3 is 2.81 bits per heavy atom. The van der Waals surface area contributed by atoms with E-state index < -0.39 is 0 Å². The normalized spacial score (nSPS) is 10.9. The highest BCUT2D eigenvalue weighted by atomic mass is 16.2. The molecule has 0 saturated carbocycles. The van der Waals surface area contributed by atoms with E-state index in [1.165, 1.54) is 10.9 Å². The number of nitrogens with zero attached hydrogens (tertiary/aromatic N) is 6. The molecule has 0 radical (unpaired) electrons. The Kier molecular flexibility index (Phi) is 4.17. The highest BCUT2D eigenvalue weighted by Crippen LogP contribution is 2.19. The molecule has 2 heterocycles. The zero-order chi connectivity index (χ0) is 18.8. The molecule has 0 aliphatic carbocycles. The number of carbonyl (C=O) groups is 1. The zero-order valence-electron chi connectivity index (χ0n) is 14.4. The second-order valence-corrected chi connectivity index (χ2v) is 5.94. The van der Waals surface area contributed by atoms with E-state index in [1.54, 1.807) is 48.1 Å². The van der Waals surface area contributed by atoms with Crippen LogP contribution in [0.25, 0.3) is 22.3 Å². The fourth-order valence-corrected chi connectivity index (χ4v) is 2.83. The minimum atomic E-state index is -0.260. The van der Waals surface area contributed by atoms with Gasteiger partial charge in [0.2, 0.25) is 11.3 Å². The van der Waals surface area contributed by atoms with Gasteiger partial charge in [-0.25, -0.2) is 4.68 Å². The van der Waals surface area contributed by atoms with E-state index in [0.717, 1.165) is 5.56 Å². The summed E-state index contributed by atoms with van der Waals surface area (Å²) in [5, 5.41) is 18.8. The maximum atomic E-state index is 12.5. The highest BCUT2D eigenvalue weighted by molar-refractivity contribution is 5.92. The Balaban J connectivity index is 1.57. The number of aromatic nitrogens is 6. The Hall–Kier alpha value is -3.88. The topological polar surface area (TPSA) is 108 Å². The third-order valence-corrected chi connectivity index (χ3v) is 4.08. The van der Waals surface area contributed by atoms with Crippen molar-refractivity contribution >= 4 is 22.5 Å². The lowest BCUT2D eigenvalue weighted by Gasteiger charge is -2.10. The zero-order valence-corrected chi connectivity index (χ0v) is 14.4. The summed E-state index contributed by atoms with van der Waals surface area (Å²) in [7, 11) is 1.74. The summed E-state index contributed by atoms with van der Waals surface area (Å²) < 4.78 is 3.06. The molecular weight excluding hydrogens is 346 g/mol. The molecule has 9 nitrogen and oxygen atoms in total. The van der Waals surface area contributed by atoms with Crippen LogP contribution in [-0.4, -0.2) is 35.9 Å². The average molecular weight is 361 g/mol. The molecule has 9 heteroatoms. The molecular formula is C18H15N7O2. The van der Waals surface area contributed by atoms with Gasteiger partial charge >= 0.3 is 0 Å². The number of anilines is 1. The van der Waals surface area contributed by atoms with Gasteiger partial charge in [-0.05, 0) is 34.7 Å². The smallest absolute Gasteiger partial charge is 0.246 e. The van der Waals surface area contributed by atoms with E-state index >= 15 is 0 Å². The van der Waals surface area contributed by atoms with Crippen molar-refractivity contribution in [3.63, 3.8) is 0 Å². The van der Waals surface area contributed by atoms with Gasteiger partial charge in [0, 0.05) is 23.7 Å². The number of benzene rings is 2. The van der Waals surface area contributed by atoms with Gasteiger partial charge in [0.25, 0.3) is 0 Å². The number of hydrogen-bond donors (Lipinski definition) is 1. The van der Waals surface area contributed by atoms with Crippen molar-refractivity contribution in [1.82, 2.24) is 30.0 Å². The summed E-state index contributed by atoms with van der Waals surface area (Å²) in [5.41, 5.74) is 1.84. The van der Waals surface area contributed by atoms with Crippen molar-refractivity contribution in [3.8, 4) is 11.4 Å². The summed E-state index contributed by atoms with van der Waals surface area (Å²) >= 11 is 0. The van der Waals surface area contributed by atoms with E-state index in [-0.39, 0.29) is 17.9 Å². The van der Waals surface area contributed by atoms with Gasteiger partial charge in [-0.3, -0.25) is 14.3 Å². The molecule has 0 atom stereocenters. The second kappa shape index (κ2) is 6.79. The first-order chi connectivity index (χ1) is 13.1. The highest BCUT2D eigenvalue weighted by Gasteiger charge is 2.10. The van der Waals surface area contributed by atoms with E-state index in [9.17, 15) is 9.59 Å². The maximum Gasteiger partial charge on any atom is 0.246 e. The third-order valence-electron chi connectivity index (χ3n) is 4.08. The molecule has 2 aromatic heterocycles. The van der Waals surface area contributed by atoms with Crippen molar-refractivity contribution in [2.75, 3.05) is 5.32 Å². The Morgan fingerprint density at radius 2 is 2.00 bits per heavy atom. The van der Waals surface area contributed by atoms with Gasteiger partial charge < -0.3 is 5.32 Å². The third kappa shape index (κ3) is 3.30. The molecule has 4 rings (SSSR count). The molecule has 1 amide bonds. The number of aryl methyl sites for hydroxylation is 1. The molecule has 0 fully saturated rings. The maximum absolute atomic E-state index is 12.5. The van der Waals surface area contributed by atoms with Crippen LogP contribution in [0, 0.1) is 0 Å². The van der Waals surface area contributed by atoms with Crippen LogP contribution in [0.15, 0.2) is 59.5 Å².